The Balaban J connectivity index is 1.49. The molecule has 3 aromatic rings. The van der Waals surface area contributed by atoms with Crippen LogP contribution in [0.4, 0.5) is 0 Å². The molecule has 1 fully saturated rings. The predicted octanol–water partition coefficient (Wildman–Crippen LogP) is 3.04. The van der Waals surface area contributed by atoms with Crippen molar-refractivity contribution < 1.29 is 9.21 Å². The van der Waals surface area contributed by atoms with Gasteiger partial charge in [-0.1, -0.05) is 30.3 Å². The lowest BCUT2D eigenvalue weighted by Gasteiger charge is -2.42. The van der Waals surface area contributed by atoms with Crippen molar-refractivity contribution >= 4 is 5.91 Å². The van der Waals surface area contributed by atoms with Crippen LogP contribution in [0, 0.1) is 12.8 Å². The molecule has 0 unspecified atom stereocenters. The van der Waals surface area contributed by atoms with E-state index in [2.05, 4.69) is 6.07 Å². The largest absolute Gasteiger partial charge is 0.456 e. The van der Waals surface area contributed by atoms with Crippen LogP contribution in [-0.4, -0.2) is 28.5 Å². The van der Waals surface area contributed by atoms with Crippen molar-refractivity contribution in [1.29, 1.82) is 0 Å². The smallest absolute Gasteiger partial charge is 0.289 e. The third-order valence-electron chi connectivity index (χ3n) is 6.05. The fraction of sp³-hybridized carbons (Fsp3) is 0.292. The number of hydrogen-bond donors (Lipinski definition) is 0. The van der Waals surface area contributed by atoms with Gasteiger partial charge in [0.2, 0.25) is 0 Å². The van der Waals surface area contributed by atoms with Gasteiger partial charge < -0.3 is 13.9 Å². The zero-order valence-corrected chi connectivity index (χ0v) is 16.7. The Hall–Kier alpha value is -3.41. The van der Waals surface area contributed by atoms with Gasteiger partial charge in [0.25, 0.3) is 11.5 Å². The number of likely N-dealkylation sites (tertiary alicyclic amines) is 1. The van der Waals surface area contributed by atoms with E-state index >= 15 is 0 Å². The van der Waals surface area contributed by atoms with E-state index in [1.54, 1.807) is 17.9 Å². The van der Waals surface area contributed by atoms with Gasteiger partial charge in [0.1, 0.15) is 5.76 Å². The van der Waals surface area contributed by atoms with Crippen molar-refractivity contribution in [2.45, 2.75) is 25.8 Å². The van der Waals surface area contributed by atoms with Crippen molar-refractivity contribution in [1.82, 2.24) is 9.47 Å². The molecule has 0 N–H and O–H groups in total. The van der Waals surface area contributed by atoms with Crippen molar-refractivity contribution in [2.75, 3.05) is 13.1 Å². The van der Waals surface area contributed by atoms with E-state index in [-0.39, 0.29) is 34.5 Å². The summed E-state index contributed by atoms with van der Waals surface area (Å²) in [6, 6.07) is 16.3. The molecule has 30 heavy (non-hydrogen) atoms. The lowest BCUT2D eigenvalue weighted by molar-refractivity contribution is 0.0559. The number of rotatable bonds is 2. The Labute approximate surface area is 173 Å². The molecule has 5 rings (SSSR count). The third-order valence-corrected chi connectivity index (χ3v) is 6.05. The molecule has 1 amide bonds. The maximum absolute atomic E-state index is 13.0. The lowest BCUT2D eigenvalue weighted by atomic mass is 9.82. The highest BCUT2D eigenvalue weighted by Gasteiger charge is 2.37. The molecule has 0 aliphatic carbocycles. The first-order chi connectivity index (χ1) is 14.5. The van der Waals surface area contributed by atoms with Crippen LogP contribution in [0.1, 0.15) is 34.3 Å². The highest BCUT2D eigenvalue weighted by Crippen LogP contribution is 2.37. The molecule has 2 bridgehead atoms. The van der Waals surface area contributed by atoms with E-state index in [9.17, 15) is 14.4 Å². The monoisotopic (exact) mass is 402 g/mol. The second-order valence-electron chi connectivity index (χ2n) is 8.26. The normalized spacial score (nSPS) is 20.0. The highest BCUT2D eigenvalue weighted by atomic mass is 16.3. The minimum Gasteiger partial charge on any atom is -0.456 e. The van der Waals surface area contributed by atoms with E-state index < -0.39 is 0 Å². The highest BCUT2D eigenvalue weighted by molar-refractivity contribution is 5.91. The van der Waals surface area contributed by atoms with Gasteiger partial charge in [0, 0.05) is 49.4 Å². The summed E-state index contributed by atoms with van der Waals surface area (Å²) in [5.41, 5.74) is 2.65. The topological polar surface area (TPSA) is 72.5 Å². The van der Waals surface area contributed by atoms with E-state index in [0.29, 0.717) is 25.4 Å². The fourth-order valence-electron chi connectivity index (χ4n) is 4.79. The number of benzene rings is 1. The number of carbonyl (C=O) groups is 1. The summed E-state index contributed by atoms with van der Waals surface area (Å²) < 4.78 is 7.38. The average Bonchev–Trinajstić information content (AvgIpc) is 2.73. The first-order valence-corrected chi connectivity index (χ1v) is 10.2. The minimum absolute atomic E-state index is 0.00510. The molecule has 152 valence electrons. The van der Waals surface area contributed by atoms with Gasteiger partial charge in [0.15, 0.2) is 11.2 Å². The van der Waals surface area contributed by atoms with Gasteiger partial charge in [-0.15, -0.1) is 0 Å². The molecule has 1 aromatic carbocycles. The van der Waals surface area contributed by atoms with Crippen LogP contribution in [0.2, 0.25) is 0 Å². The first kappa shape index (κ1) is 18.6. The standard InChI is InChI=1S/C24H22N2O4/c1-15-7-20(27)11-22(30-15)24(29)25-12-16-8-19(14-25)21-9-18(10-23(28)26(21)13-16)17-5-3-2-4-6-17/h2-7,9-11,16,19H,8,12-14H2,1H3/t16-,19+/m0/s1. The molecule has 4 heterocycles. The summed E-state index contributed by atoms with van der Waals surface area (Å²) >= 11 is 0. The number of aromatic nitrogens is 1. The van der Waals surface area contributed by atoms with E-state index in [1.807, 2.05) is 34.9 Å². The van der Waals surface area contributed by atoms with Crippen LogP contribution < -0.4 is 11.0 Å². The van der Waals surface area contributed by atoms with Crippen molar-refractivity contribution in [3.8, 4) is 11.1 Å². The van der Waals surface area contributed by atoms with Crippen LogP contribution >= 0.6 is 0 Å². The van der Waals surface area contributed by atoms with Crippen LogP contribution in [0.25, 0.3) is 11.1 Å². The summed E-state index contributed by atoms with van der Waals surface area (Å²) in [6.45, 7) is 3.32. The third kappa shape index (κ3) is 3.28. The summed E-state index contributed by atoms with van der Waals surface area (Å²) in [4.78, 5) is 39.4. The Morgan fingerprint density at radius 3 is 2.53 bits per heavy atom. The number of nitrogens with zero attached hydrogens (tertiary/aromatic N) is 2. The maximum Gasteiger partial charge on any atom is 0.289 e. The Morgan fingerprint density at radius 2 is 1.77 bits per heavy atom. The van der Waals surface area contributed by atoms with Crippen molar-refractivity contribution in [3.63, 3.8) is 0 Å². The van der Waals surface area contributed by atoms with E-state index in [0.717, 1.165) is 23.2 Å². The van der Waals surface area contributed by atoms with Gasteiger partial charge in [0.05, 0.1) is 0 Å². The number of fused-ring (bicyclic) bond motifs is 4. The van der Waals surface area contributed by atoms with Gasteiger partial charge >= 0.3 is 0 Å². The SMILES string of the molecule is Cc1cc(=O)cc(C(=O)N2C[C@@H]3C[C@H](C2)c2cc(-c4ccccc4)cc(=O)n2C3)o1. The molecule has 2 aliphatic heterocycles. The Kier molecular flexibility index (Phi) is 4.42. The number of hydrogen-bond acceptors (Lipinski definition) is 4. The molecule has 6 nitrogen and oxygen atoms in total. The van der Waals surface area contributed by atoms with Gasteiger partial charge in [-0.25, -0.2) is 0 Å². The first-order valence-electron chi connectivity index (χ1n) is 10.2. The van der Waals surface area contributed by atoms with Gasteiger partial charge in [-0.2, -0.15) is 0 Å². The molecule has 2 aromatic heterocycles. The van der Waals surface area contributed by atoms with Crippen molar-refractivity contribution in [2.24, 2.45) is 5.92 Å². The lowest BCUT2D eigenvalue weighted by Crippen LogP contribution is -2.49. The van der Waals surface area contributed by atoms with Crippen molar-refractivity contribution in [3.05, 3.63) is 92.4 Å². The van der Waals surface area contributed by atoms with Crippen LogP contribution in [0.15, 0.2) is 68.6 Å². The Bertz CT molecular complexity index is 1240. The molecule has 6 heteroatoms. The summed E-state index contributed by atoms with van der Waals surface area (Å²) in [5, 5.41) is 0. The summed E-state index contributed by atoms with van der Waals surface area (Å²) in [7, 11) is 0. The summed E-state index contributed by atoms with van der Waals surface area (Å²) in [6.07, 6.45) is 0.944. The van der Waals surface area contributed by atoms with Crippen LogP contribution in [0.5, 0.6) is 0 Å². The van der Waals surface area contributed by atoms with Crippen LogP contribution in [0.3, 0.4) is 0 Å². The number of pyridine rings is 1. The molecule has 0 radical (unpaired) electrons. The maximum atomic E-state index is 13.0. The predicted molar refractivity (Wildman–Crippen MR) is 113 cm³/mol. The second kappa shape index (κ2) is 7.13. The quantitative estimate of drug-likeness (QED) is 0.661. The van der Waals surface area contributed by atoms with Gasteiger partial charge in [-0.3, -0.25) is 14.4 Å². The molecule has 0 saturated carbocycles. The zero-order valence-electron chi connectivity index (χ0n) is 16.7. The molecular formula is C24H22N2O4. The molecule has 0 spiro atoms. The average molecular weight is 402 g/mol. The fourth-order valence-corrected chi connectivity index (χ4v) is 4.79. The van der Waals surface area contributed by atoms with Crippen LogP contribution in [-0.2, 0) is 6.54 Å². The van der Waals surface area contributed by atoms with E-state index in [4.69, 9.17) is 4.42 Å². The molecule has 2 aliphatic rings. The number of carbonyl (C=O) groups excluding carboxylic acids is 1. The molecule has 2 atom stereocenters. The number of amides is 1. The number of piperidine rings is 1. The minimum atomic E-state index is -0.263. The Morgan fingerprint density at radius 1 is 0.967 bits per heavy atom. The number of aryl methyl sites for hydroxylation is 1. The van der Waals surface area contributed by atoms with Gasteiger partial charge in [-0.05, 0) is 36.5 Å². The molecule has 1 saturated heterocycles. The molecular weight excluding hydrogens is 380 g/mol. The zero-order chi connectivity index (χ0) is 20.8. The summed E-state index contributed by atoms with van der Waals surface area (Å²) in [5.74, 6) is 0.523. The second-order valence-corrected chi connectivity index (χ2v) is 8.26. The van der Waals surface area contributed by atoms with E-state index in [1.165, 1.54) is 12.1 Å².